The Balaban J connectivity index is 1.30. The molecule has 1 spiro atoms. The van der Waals surface area contributed by atoms with Crippen molar-refractivity contribution in [1.82, 2.24) is 20.0 Å². The summed E-state index contributed by atoms with van der Waals surface area (Å²) in [5, 5.41) is 10.4. The molecule has 1 atom stereocenters. The zero-order valence-electron chi connectivity index (χ0n) is 14.8. The summed E-state index contributed by atoms with van der Waals surface area (Å²) in [6, 6.07) is 0. The van der Waals surface area contributed by atoms with Crippen molar-refractivity contribution in [2.24, 2.45) is 5.41 Å². The molecule has 0 aromatic carbocycles. The van der Waals surface area contributed by atoms with E-state index in [1.54, 1.807) is 11.3 Å². The van der Waals surface area contributed by atoms with Crippen molar-refractivity contribution in [3.8, 4) is 0 Å². The lowest BCUT2D eigenvalue weighted by atomic mass is 9.76. The van der Waals surface area contributed by atoms with Crippen molar-refractivity contribution < 1.29 is 14.3 Å². The van der Waals surface area contributed by atoms with Crippen LogP contribution in [0.3, 0.4) is 0 Å². The average Bonchev–Trinajstić information content (AvgIpc) is 3.14. The van der Waals surface area contributed by atoms with E-state index in [0.29, 0.717) is 0 Å². The van der Waals surface area contributed by atoms with Crippen molar-refractivity contribution in [2.75, 3.05) is 45.9 Å². The Bertz CT molecular complexity index is 609. The lowest BCUT2D eigenvalue weighted by molar-refractivity contribution is -0.151. The lowest BCUT2D eigenvalue weighted by Gasteiger charge is -2.36. The molecular formula is C17H26N4O3S. The number of morpholine rings is 1. The SMILES string of the molecule is Cc1nnc(CN2CCC3(CC2)CC(CN2CCOCC2)OC3=O)s1. The van der Waals surface area contributed by atoms with Crippen molar-refractivity contribution in [1.29, 1.82) is 0 Å². The first kappa shape index (κ1) is 17.3. The van der Waals surface area contributed by atoms with Crippen LogP contribution in [-0.2, 0) is 20.8 Å². The zero-order chi connectivity index (χ0) is 17.3. The fourth-order valence-corrected chi connectivity index (χ4v) is 4.90. The highest BCUT2D eigenvalue weighted by molar-refractivity contribution is 7.11. The molecule has 0 bridgehead atoms. The smallest absolute Gasteiger partial charge is 0.312 e. The Morgan fingerprint density at radius 1 is 1.16 bits per heavy atom. The number of aromatic nitrogens is 2. The number of ether oxygens (including phenoxy) is 2. The van der Waals surface area contributed by atoms with E-state index in [1.807, 2.05) is 6.92 Å². The van der Waals surface area contributed by atoms with Crippen LogP contribution >= 0.6 is 11.3 Å². The number of nitrogens with zero attached hydrogens (tertiary/aromatic N) is 4. The average molecular weight is 366 g/mol. The molecule has 4 rings (SSSR count). The third kappa shape index (κ3) is 3.86. The normalized spacial score (nSPS) is 27.7. The summed E-state index contributed by atoms with van der Waals surface area (Å²) >= 11 is 1.65. The molecule has 1 unspecified atom stereocenters. The first-order valence-electron chi connectivity index (χ1n) is 9.15. The first-order valence-corrected chi connectivity index (χ1v) is 9.97. The Morgan fingerprint density at radius 2 is 1.92 bits per heavy atom. The summed E-state index contributed by atoms with van der Waals surface area (Å²) in [6.07, 6.45) is 2.70. The summed E-state index contributed by atoms with van der Waals surface area (Å²) in [5.74, 6) is 0.0252. The van der Waals surface area contributed by atoms with E-state index in [4.69, 9.17) is 9.47 Å². The van der Waals surface area contributed by atoms with Gasteiger partial charge < -0.3 is 9.47 Å². The van der Waals surface area contributed by atoms with Gasteiger partial charge in [-0.1, -0.05) is 0 Å². The van der Waals surface area contributed by atoms with Gasteiger partial charge in [0.1, 0.15) is 16.1 Å². The number of aryl methyl sites for hydroxylation is 1. The molecule has 1 aromatic rings. The summed E-state index contributed by atoms with van der Waals surface area (Å²) in [7, 11) is 0. The third-order valence-electron chi connectivity index (χ3n) is 5.63. The monoisotopic (exact) mass is 366 g/mol. The van der Waals surface area contributed by atoms with E-state index in [1.165, 1.54) is 0 Å². The highest BCUT2D eigenvalue weighted by Gasteiger charge is 2.50. The van der Waals surface area contributed by atoms with Gasteiger partial charge in [-0.2, -0.15) is 0 Å². The number of carbonyl (C=O) groups excluding carboxylic acids is 1. The highest BCUT2D eigenvalue weighted by atomic mass is 32.1. The van der Waals surface area contributed by atoms with Gasteiger partial charge in [-0.15, -0.1) is 21.5 Å². The number of rotatable bonds is 4. The minimum atomic E-state index is -0.259. The fraction of sp³-hybridized carbons (Fsp3) is 0.824. The Kier molecular flexibility index (Phi) is 5.04. The lowest BCUT2D eigenvalue weighted by Crippen LogP contribution is -2.43. The molecule has 4 heterocycles. The molecule has 0 amide bonds. The van der Waals surface area contributed by atoms with E-state index in [2.05, 4.69) is 20.0 Å². The van der Waals surface area contributed by atoms with E-state index in [9.17, 15) is 4.79 Å². The van der Waals surface area contributed by atoms with Gasteiger partial charge in [0.05, 0.1) is 25.2 Å². The third-order valence-corrected chi connectivity index (χ3v) is 6.45. The predicted octanol–water partition coefficient (Wildman–Crippen LogP) is 1.08. The number of esters is 1. The van der Waals surface area contributed by atoms with Gasteiger partial charge in [0, 0.05) is 26.1 Å². The van der Waals surface area contributed by atoms with Crippen LogP contribution in [0.15, 0.2) is 0 Å². The van der Waals surface area contributed by atoms with Crippen LogP contribution in [0.2, 0.25) is 0 Å². The first-order chi connectivity index (χ1) is 12.1. The minimum Gasteiger partial charge on any atom is -0.461 e. The van der Waals surface area contributed by atoms with Crippen LogP contribution < -0.4 is 0 Å². The van der Waals surface area contributed by atoms with Gasteiger partial charge in [0.15, 0.2) is 0 Å². The van der Waals surface area contributed by atoms with Gasteiger partial charge >= 0.3 is 5.97 Å². The highest BCUT2D eigenvalue weighted by Crippen LogP contribution is 2.43. The number of hydrogen-bond acceptors (Lipinski definition) is 8. The van der Waals surface area contributed by atoms with E-state index < -0.39 is 0 Å². The van der Waals surface area contributed by atoms with Gasteiger partial charge in [-0.05, 0) is 32.9 Å². The van der Waals surface area contributed by atoms with Gasteiger partial charge in [-0.3, -0.25) is 14.6 Å². The maximum Gasteiger partial charge on any atom is 0.312 e. The number of piperidine rings is 1. The van der Waals surface area contributed by atoms with E-state index in [0.717, 1.165) is 81.8 Å². The molecule has 25 heavy (non-hydrogen) atoms. The molecular weight excluding hydrogens is 340 g/mol. The fourth-order valence-electron chi connectivity index (χ4n) is 4.15. The number of carbonyl (C=O) groups is 1. The second-order valence-corrected chi connectivity index (χ2v) is 8.68. The standard InChI is InChI=1S/C17H26N4O3S/c1-13-18-19-15(25-13)12-20-4-2-17(3-5-20)10-14(24-16(17)22)11-21-6-8-23-9-7-21/h14H,2-12H2,1H3. The Labute approximate surface area is 152 Å². The zero-order valence-corrected chi connectivity index (χ0v) is 15.6. The molecule has 0 N–H and O–H groups in total. The maximum atomic E-state index is 12.6. The quantitative estimate of drug-likeness (QED) is 0.739. The second-order valence-electron chi connectivity index (χ2n) is 7.42. The summed E-state index contributed by atoms with van der Waals surface area (Å²) in [5.41, 5.74) is -0.259. The molecule has 0 saturated carbocycles. The topological polar surface area (TPSA) is 67.8 Å². The maximum absolute atomic E-state index is 12.6. The molecule has 3 fully saturated rings. The predicted molar refractivity (Wildman–Crippen MR) is 93.3 cm³/mol. The van der Waals surface area contributed by atoms with Gasteiger partial charge in [0.25, 0.3) is 0 Å². The molecule has 8 heteroatoms. The van der Waals surface area contributed by atoms with Crippen LogP contribution in [0, 0.1) is 12.3 Å². The second kappa shape index (κ2) is 7.26. The summed E-state index contributed by atoms with van der Waals surface area (Å²) in [6.45, 7) is 8.98. The molecule has 3 aliphatic rings. The largest absolute Gasteiger partial charge is 0.461 e. The molecule has 1 aromatic heterocycles. The molecule has 3 saturated heterocycles. The minimum absolute atomic E-state index is 0.0252. The van der Waals surface area contributed by atoms with Gasteiger partial charge in [0.2, 0.25) is 0 Å². The molecule has 138 valence electrons. The van der Waals surface area contributed by atoms with Crippen molar-refractivity contribution in [3.63, 3.8) is 0 Å². The summed E-state index contributed by atoms with van der Waals surface area (Å²) < 4.78 is 11.1. The van der Waals surface area contributed by atoms with E-state index in [-0.39, 0.29) is 17.5 Å². The molecule has 0 aliphatic carbocycles. The summed E-state index contributed by atoms with van der Waals surface area (Å²) in [4.78, 5) is 17.3. The van der Waals surface area contributed by atoms with Crippen LogP contribution in [0.5, 0.6) is 0 Å². The Morgan fingerprint density at radius 3 is 2.60 bits per heavy atom. The van der Waals surface area contributed by atoms with Crippen LogP contribution in [0.25, 0.3) is 0 Å². The molecule has 3 aliphatic heterocycles. The van der Waals surface area contributed by atoms with Crippen LogP contribution in [-0.4, -0.2) is 78.0 Å². The molecule has 0 radical (unpaired) electrons. The van der Waals surface area contributed by atoms with Crippen LogP contribution in [0.4, 0.5) is 0 Å². The number of hydrogen-bond donors (Lipinski definition) is 0. The van der Waals surface area contributed by atoms with Crippen molar-refractivity contribution in [3.05, 3.63) is 10.0 Å². The van der Waals surface area contributed by atoms with Gasteiger partial charge in [-0.25, -0.2) is 0 Å². The Hall–Kier alpha value is -1.09. The number of cyclic esters (lactones) is 1. The van der Waals surface area contributed by atoms with Crippen molar-refractivity contribution in [2.45, 2.75) is 38.8 Å². The van der Waals surface area contributed by atoms with Crippen molar-refractivity contribution >= 4 is 17.3 Å². The number of likely N-dealkylation sites (tertiary alicyclic amines) is 1. The molecule has 7 nitrogen and oxygen atoms in total. The van der Waals surface area contributed by atoms with E-state index >= 15 is 0 Å². The van der Waals surface area contributed by atoms with Crippen LogP contribution in [0.1, 0.15) is 29.3 Å².